The molecule has 0 bridgehead atoms. The highest BCUT2D eigenvalue weighted by atomic mass is 32.2. The first-order valence-corrected chi connectivity index (χ1v) is 10.9. The standard InChI is InChI=1S/C21H20N4OS2/c1-3-26-18-12-8-7-11-17(18)19-23-24-21(25(19)2)28-14-16-13-27-20(22-16)15-9-5-4-6-10-15/h4-13H,3,14H2,1-2H3. The lowest BCUT2D eigenvalue weighted by Gasteiger charge is -2.09. The molecular formula is C21H20N4OS2. The number of nitrogens with zero attached hydrogens (tertiary/aromatic N) is 4. The fraction of sp³-hybridized carbons (Fsp3) is 0.190. The van der Waals surface area contributed by atoms with Crippen LogP contribution in [0.3, 0.4) is 0 Å². The summed E-state index contributed by atoms with van der Waals surface area (Å²) in [6, 6.07) is 18.2. The highest BCUT2D eigenvalue weighted by molar-refractivity contribution is 7.98. The summed E-state index contributed by atoms with van der Waals surface area (Å²) in [5.74, 6) is 2.38. The molecule has 7 heteroatoms. The molecule has 2 aromatic carbocycles. The number of aromatic nitrogens is 4. The molecule has 0 unspecified atom stereocenters. The van der Waals surface area contributed by atoms with Gasteiger partial charge in [-0.3, -0.25) is 0 Å². The normalized spacial score (nSPS) is 10.9. The van der Waals surface area contributed by atoms with Crippen LogP contribution in [-0.2, 0) is 12.8 Å². The van der Waals surface area contributed by atoms with E-state index in [-0.39, 0.29) is 0 Å². The van der Waals surface area contributed by atoms with Crippen molar-refractivity contribution in [2.45, 2.75) is 17.8 Å². The number of para-hydroxylation sites is 1. The number of benzene rings is 2. The van der Waals surface area contributed by atoms with Gasteiger partial charge in [0.2, 0.25) is 0 Å². The van der Waals surface area contributed by atoms with Crippen LogP contribution < -0.4 is 4.74 Å². The molecule has 0 aliphatic heterocycles. The van der Waals surface area contributed by atoms with Gasteiger partial charge in [0.05, 0.1) is 17.9 Å². The van der Waals surface area contributed by atoms with Crippen LogP contribution in [0.1, 0.15) is 12.6 Å². The summed E-state index contributed by atoms with van der Waals surface area (Å²) in [5.41, 5.74) is 3.15. The van der Waals surface area contributed by atoms with Gasteiger partial charge in [0.1, 0.15) is 10.8 Å². The summed E-state index contributed by atoms with van der Waals surface area (Å²) in [5, 5.41) is 12.8. The number of hydrogen-bond donors (Lipinski definition) is 0. The lowest BCUT2D eigenvalue weighted by atomic mass is 10.2. The second-order valence-corrected chi connectivity index (χ2v) is 7.89. The summed E-state index contributed by atoms with van der Waals surface area (Å²) in [4.78, 5) is 4.75. The molecule has 28 heavy (non-hydrogen) atoms. The Morgan fingerprint density at radius 1 is 1.04 bits per heavy atom. The summed E-state index contributed by atoms with van der Waals surface area (Å²) < 4.78 is 7.74. The third kappa shape index (κ3) is 3.95. The third-order valence-corrected chi connectivity index (χ3v) is 6.18. The predicted molar refractivity (Wildman–Crippen MR) is 115 cm³/mol. The van der Waals surface area contributed by atoms with Gasteiger partial charge in [-0.05, 0) is 19.1 Å². The Labute approximate surface area is 172 Å². The fourth-order valence-electron chi connectivity index (χ4n) is 2.83. The van der Waals surface area contributed by atoms with E-state index in [1.807, 2.05) is 61.0 Å². The summed E-state index contributed by atoms with van der Waals surface area (Å²) in [6.45, 7) is 2.59. The summed E-state index contributed by atoms with van der Waals surface area (Å²) in [7, 11) is 1.98. The zero-order chi connectivity index (χ0) is 19.3. The SMILES string of the molecule is CCOc1ccccc1-c1nnc(SCc2csc(-c3ccccc3)n2)n1C. The minimum absolute atomic E-state index is 0.615. The van der Waals surface area contributed by atoms with Crippen LogP contribution in [0.5, 0.6) is 5.75 Å². The molecule has 0 atom stereocenters. The average Bonchev–Trinajstić information content (AvgIpc) is 3.35. The van der Waals surface area contributed by atoms with E-state index in [2.05, 4.69) is 27.7 Å². The molecule has 0 radical (unpaired) electrons. The minimum atomic E-state index is 0.615. The molecule has 0 aliphatic rings. The molecule has 0 spiro atoms. The fourth-order valence-corrected chi connectivity index (χ4v) is 4.57. The highest BCUT2D eigenvalue weighted by Crippen LogP contribution is 2.32. The van der Waals surface area contributed by atoms with E-state index < -0.39 is 0 Å². The smallest absolute Gasteiger partial charge is 0.191 e. The quantitative estimate of drug-likeness (QED) is 0.389. The Kier molecular flexibility index (Phi) is 5.73. The molecule has 4 rings (SSSR count). The van der Waals surface area contributed by atoms with Crippen molar-refractivity contribution < 1.29 is 4.74 Å². The van der Waals surface area contributed by atoms with Gasteiger partial charge in [0.15, 0.2) is 11.0 Å². The van der Waals surface area contributed by atoms with Gasteiger partial charge in [-0.1, -0.05) is 54.2 Å². The van der Waals surface area contributed by atoms with Crippen LogP contribution >= 0.6 is 23.1 Å². The van der Waals surface area contributed by atoms with E-state index in [1.54, 1.807) is 23.1 Å². The molecule has 4 aromatic rings. The molecule has 0 aliphatic carbocycles. The lowest BCUT2D eigenvalue weighted by Crippen LogP contribution is -1.99. The maximum atomic E-state index is 5.73. The van der Waals surface area contributed by atoms with Crippen LogP contribution in [0.15, 0.2) is 65.1 Å². The zero-order valence-electron chi connectivity index (χ0n) is 15.7. The number of thiazole rings is 1. The first-order chi connectivity index (χ1) is 13.8. The van der Waals surface area contributed by atoms with E-state index in [4.69, 9.17) is 9.72 Å². The van der Waals surface area contributed by atoms with E-state index in [0.717, 1.165) is 44.3 Å². The maximum absolute atomic E-state index is 5.73. The van der Waals surface area contributed by atoms with E-state index in [9.17, 15) is 0 Å². The third-order valence-electron chi connectivity index (χ3n) is 4.18. The summed E-state index contributed by atoms with van der Waals surface area (Å²) >= 11 is 3.30. The van der Waals surface area contributed by atoms with Gasteiger partial charge >= 0.3 is 0 Å². The Balaban J connectivity index is 1.50. The molecule has 5 nitrogen and oxygen atoms in total. The molecule has 142 valence electrons. The van der Waals surface area contributed by atoms with Gasteiger partial charge in [0.25, 0.3) is 0 Å². The number of thioether (sulfide) groups is 1. The van der Waals surface area contributed by atoms with Crippen molar-refractivity contribution in [1.82, 2.24) is 19.7 Å². The molecule has 0 amide bonds. The van der Waals surface area contributed by atoms with Gasteiger partial charge in [0, 0.05) is 23.7 Å². The van der Waals surface area contributed by atoms with E-state index in [1.165, 1.54) is 0 Å². The second kappa shape index (κ2) is 8.58. The van der Waals surface area contributed by atoms with Crippen molar-refractivity contribution in [1.29, 1.82) is 0 Å². The topological polar surface area (TPSA) is 52.8 Å². The Bertz CT molecular complexity index is 1060. The van der Waals surface area contributed by atoms with Gasteiger partial charge in [-0.2, -0.15) is 0 Å². The van der Waals surface area contributed by atoms with Gasteiger partial charge < -0.3 is 9.30 Å². The number of ether oxygens (including phenoxy) is 1. The van der Waals surface area contributed by atoms with Crippen molar-refractivity contribution in [3.05, 3.63) is 65.7 Å². The maximum Gasteiger partial charge on any atom is 0.191 e. The molecular weight excluding hydrogens is 388 g/mol. The van der Waals surface area contributed by atoms with Crippen molar-refractivity contribution in [2.75, 3.05) is 6.61 Å². The van der Waals surface area contributed by atoms with Crippen LogP contribution in [0, 0.1) is 0 Å². The molecule has 0 saturated carbocycles. The Morgan fingerprint density at radius 2 is 1.82 bits per heavy atom. The minimum Gasteiger partial charge on any atom is -0.493 e. The first-order valence-electron chi connectivity index (χ1n) is 9.00. The first kappa shape index (κ1) is 18.7. The summed E-state index contributed by atoms with van der Waals surface area (Å²) in [6.07, 6.45) is 0. The molecule has 2 heterocycles. The van der Waals surface area contributed by atoms with Crippen LogP contribution in [-0.4, -0.2) is 26.4 Å². The van der Waals surface area contributed by atoms with Crippen molar-refractivity contribution in [2.24, 2.45) is 7.05 Å². The monoisotopic (exact) mass is 408 g/mol. The largest absolute Gasteiger partial charge is 0.493 e. The molecule has 2 aromatic heterocycles. The zero-order valence-corrected chi connectivity index (χ0v) is 17.3. The molecule has 0 saturated heterocycles. The van der Waals surface area contributed by atoms with E-state index in [0.29, 0.717) is 6.61 Å². The molecule has 0 N–H and O–H groups in total. The number of rotatable bonds is 7. The predicted octanol–water partition coefficient (Wildman–Crippen LogP) is 5.30. The van der Waals surface area contributed by atoms with E-state index >= 15 is 0 Å². The highest BCUT2D eigenvalue weighted by Gasteiger charge is 2.15. The van der Waals surface area contributed by atoms with Crippen molar-refractivity contribution in [3.63, 3.8) is 0 Å². The molecule has 0 fully saturated rings. The average molecular weight is 409 g/mol. The van der Waals surface area contributed by atoms with Crippen LogP contribution in [0.2, 0.25) is 0 Å². The van der Waals surface area contributed by atoms with Crippen LogP contribution in [0.4, 0.5) is 0 Å². The number of hydrogen-bond acceptors (Lipinski definition) is 6. The Hall–Kier alpha value is -2.64. The van der Waals surface area contributed by atoms with Crippen molar-refractivity contribution in [3.8, 4) is 27.7 Å². The second-order valence-electron chi connectivity index (χ2n) is 6.09. The van der Waals surface area contributed by atoms with Crippen LogP contribution in [0.25, 0.3) is 22.0 Å². The van der Waals surface area contributed by atoms with Gasteiger partial charge in [-0.15, -0.1) is 21.5 Å². The van der Waals surface area contributed by atoms with Gasteiger partial charge in [-0.25, -0.2) is 4.98 Å². The van der Waals surface area contributed by atoms with Crippen molar-refractivity contribution >= 4 is 23.1 Å². The Morgan fingerprint density at radius 3 is 2.64 bits per heavy atom. The lowest BCUT2D eigenvalue weighted by molar-refractivity contribution is 0.341.